The van der Waals surface area contributed by atoms with Crippen LogP contribution in [0, 0.1) is 6.92 Å². The maximum atomic E-state index is 11.7. The first-order valence-electron chi connectivity index (χ1n) is 6.00. The van der Waals surface area contributed by atoms with Crippen LogP contribution >= 0.6 is 0 Å². The third kappa shape index (κ3) is 2.87. The zero-order valence-corrected chi connectivity index (χ0v) is 11.2. The first-order chi connectivity index (χ1) is 7.98. The van der Waals surface area contributed by atoms with Crippen LogP contribution in [0.25, 0.3) is 0 Å². The lowest BCUT2D eigenvalue weighted by Crippen LogP contribution is -2.26. The van der Waals surface area contributed by atoms with Gasteiger partial charge in [-0.05, 0) is 56.0 Å². The van der Waals surface area contributed by atoms with Gasteiger partial charge in [0.15, 0.2) is 9.84 Å². The molecule has 1 aliphatic heterocycles. The SMILES string of the molecule is Cc1ccc(C2CCNCC2)cc1S(C)(=O)=O. The van der Waals surface area contributed by atoms with Crippen LogP contribution in [0.3, 0.4) is 0 Å². The van der Waals surface area contributed by atoms with Crippen LogP contribution in [0.5, 0.6) is 0 Å². The van der Waals surface area contributed by atoms with Crippen molar-refractivity contribution in [3.63, 3.8) is 0 Å². The fraction of sp³-hybridized carbons (Fsp3) is 0.538. The molecule has 1 aliphatic rings. The highest BCUT2D eigenvalue weighted by atomic mass is 32.2. The molecule has 94 valence electrons. The van der Waals surface area contributed by atoms with E-state index < -0.39 is 9.84 Å². The Bertz CT molecular complexity index is 502. The second-order valence-electron chi connectivity index (χ2n) is 4.82. The second kappa shape index (κ2) is 4.78. The Balaban J connectivity index is 2.37. The number of piperidine rings is 1. The van der Waals surface area contributed by atoms with Gasteiger partial charge < -0.3 is 5.32 Å². The highest BCUT2D eigenvalue weighted by Gasteiger charge is 2.18. The number of sulfone groups is 1. The molecule has 2 rings (SSSR count). The predicted molar refractivity (Wildman–Crippen MR) is 69.1 cm³/mol. The van der Waals surface area contributed by atoms with Crippen LogP contribution in [0.2, 0.25) is 0 Å². The molecule has 0 amide bonds. The van der Waals surface area contributed by atoms with Crippen molar-refractivity contribution in [1.29, 1.82) is 0 Å². The molecule has 0 unspecified atom stereocenters. The Hall–Kier alpha value is -0.870. The van der Waals surface area contributed by atoms with Crippen molar-refractivity contribution in [2.45, 2.75) is 30.6 Å². The molecular weight excluding hydrogens is 234 g/mol. The highest BCUT2D eigenvalue weighted by molar-refractivity contribution is 7.90. The molecule has 1 aromatic carbocycles. The lowest BCUT2D eigenvalue weighted by molar-refractivity contribution is 0.460. The lowest BCUT2D eigenvalue weighted by Gasteiger charge is -2.23. The predicted octanol–water partition coefficient (Wildman–Crippen LogP) is 1.87. The average Bonchev–Trinajstić information content (AvgIpc) is 2.29. The fourth-order valence-electron chi connectivity index (χ4n) is 2.43. The van der Waals surface area contributed by atoms with Crippen molar-refractivity contribution in [2.24, 2.45) is 0 Å². The zero-order chi connectivity index (χ0) is 12.5. The third-order valence-corrected chi connectivity index (χ3v) is 4.66. The molecule has 1 N–H and O–H groups in total. The second-order valence-corrected chi connectivity index (χ2v) is 6.81. The normalized spacial score (nSPS) is 18.2. The van der Waals surface area contributed by atoms with E-state index in [2.05, 4.69) is 11.4 Å². The molecular formula is C13H19NO2S. The van der Waals surface area contributed by atoms with Gasteiger partial charge in [-0.25, -0.2) is 8.42 Å². The van der Waals surface area contributed by atoms with Crippen molar-refractivity contribution in [1.82, 2.24) is 5.32 Å². The minimum Gasteiger partial charge on any atom is -0.317 e. The Labute approximate surface area is 103 Å². The molecule has 1 fully saturated rings. The quantitative estimate of drug-likeness (QED) is 0.875. The molecule has 0 aliphatic carbocycles. The lowest BCUT2D eigenvalue weighted by atomic mass is 9.90. The largest absolute Gasteiger partial charge is 0.317 e. The Kier molecular flexibility index (Phi) is 3.54. The van der Waals surface area contributed by atoms with E-state index in [4.69, 9.17) is 0 Å². The summed E-state index contributed by atoms with van der Waals surface area (Å²) in [4.78, 5) is 0.480. The summed E-state index contributed by atoms with van der Waals surface area (Å²) in [5.74, 6) is 0.498. The maximum absolute atomic E-state index is 11.7. The Morgan fingerprint density at radius 3 is 2.47 bits per heavy atom. The van der Waals surface area contributed by atoms with E-state index in [1.807, 2.05) is 19.1 Å². The maximum Gasteiger partial charge on any atom is 0.175 e. The van der Waals surface area contributed by atoms with E-state index in [-0.39, 0.29) is 0 Å². The first kappa shape index (κ1) is 12.6. The molecule has 0 spiro atoms. The van der Waals surface area contributed by atoms with E-state index in [0.29, 0.717) is 10.8 Å². The fourth-order valence-corrected chi connectivity index (χ4v) is 3.43. The molecule has 17 heavy (non-hydrogen) atoms. The number of nitrogens with one attached hydrogen (secondary N) is 1. The molecule has 1 heterocycles. The summed E-state index contributed by atoms with van der Waals surface area (Å²) in [7, 11) is -3.11. The summed E-state index contributed by atoms with van der Waals surface area (Å²) in [5, 5.41) is 3.32. The van der Waals surface area contributed by atoms with E-state index in [9.17, 15) is 8.42 Å². The molecule has 4 heteroatoms. The minimum atomic E-state index is -3.11. The summed E-state index contributed by atoms with van der Waals surface area (Å²) in [6.07, 6.45) is 3.46. The topological polar surface area (TPSA) is 46.2 Å². The van der Waals surface area contributed by atoms with E-state index in [0.717, 1.165) is 37.1 Å². The van der Waals surface area contributed by atoms with Crippen LogP contribution in [0.1, 0.15) is 29.9 Å². The van der Waals surface area contributed by atoms with Crippen LogP contribution in [0.15, 0.2) is 23.1 Å². The van der Waals surface area contributed by atoms with Gasteiger partial charge in [-0.1, -0.05) is 12.1 Å². The van der Waals surface area contributed by atoms with Gasteiger partial charge in [-0.15, -0.1) is 0 Å². The third-order valence-electron chi connectivity index (χ3n) is 3.42. The van der Waals surface area contributed by atoms with Crippen molar-refractivity contribution in [3.05, 3.63) is 29.3 Å². The zero-order valence-electron chi connectivity index (χ0n) is 10.4. The molecule has 0 saturated carbocycles. The van der Waals surface area contributed by atoms with Crippen LogP contribution < -0.4 is 5.32 Å². The molecule has 1 saturated heterocycles. The van der Waals surface area contributed by atoms with Crippen molar-refractivity contribution < 1.29 is 8.42 Å². The minimum absolute atomic E-state index is 0.480. The van der Waals surface area contributed by atoms with Gasteiger partial charge in [-0.3, -0.25) is 0 Å². The van der Waals surface area contributed by atoms with Gasteiger partial charge in [0, 0.05) is 6.26 Å². The smallest absolute Gasteiger partial charge is 0.175 e. The number of hydrogen-bond acceptors (Lipinski definition) is 3. The monoisotopic (exact) mass is 253 g/mol. The number of aryl methyl sites for hydroxylation is 1. The number of benzene rings is 1. The molecule has 1 aromatic rings. The molecule has 3 nitrogen and oxygen atoms in total. The number of rotatable bonds is 2. The molecule has 0 atom stereocenters. The summed E-state index contributed by atoms with van der Waals surface area (Å²) in [5.41, 5.74) is 2.00. The molecule has 0 radical (unpaired) electrons. The summed E-state index contributed by atoms with van der Waals surface area (Å²) >= 11 is 0. The Morgan fingerprint density at radius 2 is 1.88 bits per heavy atom. The van der Waals surface area contributed by atoms with Crippen LogP contribution in [-0.2, 0) is 9.84 Å². The Morgan fingerprint density at radius 1 is 1.24 bits per heavy atom. The van der Waals surface area contributed by atoms with E-state index in [1.54, 1.807) is 0 Å². The van der Waals surface area contributed by atoms with E-state index in [1.165, 1.54) is 6.26 Å². The average molecular weight is 253 g/mol. The van der Waals surface area contributed by atoms with Gasteiger partial charge in [-0.2, -0.15) is 0 Å². The van der Waals surface area contributed by atoms with Crippen molar-refractivity contribution in [3.8, 4) is 0 Å². The van der Waals surface area contributed by atoms with Gasteiger partial charge in [0.05, 0.1) is 4.90 Å². The van der Waals surface area contributed by atoms with Crippen LogP contribution in [-0.4, -0.2) is 27.8 Å². The van der Waals surface area contributed by atoms with Gasteiger partial charge in [0.2, 0.25) is 0 Å². The summed E-state index contributed by atoms with van der Waals surface area (Å²) in [6, 6.07) is 5.86. The summed E-state index contributed by atoms with van der Waals surface area (Å²) in [6.45, 7) is 3.89. The first-order valence-corrected chi connectivity index (χ1v) is 7.89. The van der Waals surface area contributed by atoms with Crippen LogP contribution in [0.4, 0.5) is 0 Å². The van der Waals surface area contributed by atoms with Crippen molar-refractivity contribution >= 4 is 9.84 Å². The molecule has 0 bridgehead atoms. The number of hydrogen-bond donors (Lipinski definition) is 1. The molecule has 0 aromatic heterocycles. The van der Waals surface area contributed by atoms with Gasteiger partial charge in [0.25, 0.3) is 0 Å². The van der Waals surface area contributed by atoms with Gasteiger partial charge >= 0.3 is 0 Å². The van der Waals surface area contributed by atoms with Crippen molar-refractivity contribution in [2.75, 3.05) is 19.3 Å². The summed E-state index contributed by atoms with van der Waals surface area (Å²) < 4.78 is 23.4. The standard InChI is InChI=1S/C13H19NO2S/c1-10-3-4-12(9-13(10)17(2,15)16)11-5-7-14-8-6-11/h3-4,9,11,14H,5-8H2,1-2H3. The highest BCUT2D eigenvalue weighted by Crippen LogP contribution is 2.28. The van der Waals surface area contributed by atoms with Gasteiger partial charge in [0.1, 0.15) is 0 Å². The van der Waals surface area contributed by atoms with E-state index >= 15 is 0 Å².